The van der Waals surface area contributed by atoms with Gasteiger partial charge in [0.15, 0.2) is 0 Å². The van der Waals surface area contributed by atoms with Gasteiger partial charge in [0.05, 0.1) is 11.6 Å². The lowest BCUT2D eigenvalue weighted by molar-refractivity contribution is -0.113. The van der Waals surface area contributed by atoms with Gasteiger partial charge in [-0.25, -0.2) is 4.79 Å². The lowest BCUT2D eigenvalue weighted by Gasteiger charge is -2.29. The van der Waals surface area contributed by atoms with Crippen molar-refractivity contribution in [3.63, 3.8) is 0 Å². The summed E-state index contributed by atoms with van der Waals surface area (Å²) in [4.78, 5) is 25.0. The normalized spacial score (nSPS) is 16.8. The van der Waals surface area contributed by atoms with Gasteiger partial charge in [-0.15, -0.1) is 0 Å². The van der Waals surface area contributed by atoms with Crippen molar-refractivity contribution in [2.45, 2.75) is 26.8 Å². The monoisotopic (exact) mass is 413 g/mol. The number of hydrogen-bond donors (Lipinski definition) is 3. The number of aryl methyl sites for hydroxylation is 2. The van der Waals surface area contributed by atoms with E-state index in [1.807, 2.05) is 56.3 Å². The Bertz CT molecular complexity index is 904. The number of carbonyl (C=O) groups is 2. The van der Waals surface area contributed by atoms with Gasteiger partial charge in [-0.2, -0.15) is 0 Å². The Labute approximate surface area is 161 Å². The molecule has 0 saturated carbocycles. The van der Waals surface area contributed by atoms with Crippen LogP contribution >= 0.6 is 15.9 Å². The molecular formula is C20H20BrN3O2. The van der Waals surface area contributed by atoms with E-state index in [4.69, 9.17) is 0 Å². The van der Waals surface area contributed by atoms with Crippen LogP contribution in [0.3, 0.4) is 0 Å². The van der Waals surface area contributed by atoms with Gasteiger partial charge in [-0.05, 0) is 56.2 Å². The predicted octanol–water partition coefficient (Wildman–Crippen LogP) is 4.33. The van der Waals surface area contributed by atoms with Gasteiger partial charge in [0.25, 0.3) is 5.91 Å². The zero-order valence-electron chi connectivity index (χ0n) is 14.8. The molecule has 0 bridgehead atoms. The van der Waals surface area contributed by atoms with Crippen molar-refractivity contribution in [2.24, 2.45) is 0 Å². The van der Waals surface area contributed by atoms with Gasteiger partial charge in [0.1, 0.15) is 0 Å². The summed E-state index contributed by atoms with van der Waals surface area (Å²) in [5.41, 5.74) is 4.75. The summed E-state index contributed by atoms with van der Waals surface area (Å²) >= 11 is 3.38. The average molecular weight is 414 g/mol. The fraction of sp³-hybridized carbons (Fsp3) is 0.200. The van der Waals surface area contributed by atoms with E-state index in [2.05, 4.69) is 31.9 Å². The second-order valence-electron chi connectivity index (χ2n) is 6.39. The molecule has 0 radical (unpaired) electrons. The third kappa shape index (κ3) is 3.80. The second-order valence-corrected chi connectivity index (χ2v) is 7.31. The molecule has 1 aliphatic rings. The number of urea groups is 1. The number of hydrogen-bond acceptors (Lipinski definition) is 2. The number of halogens is 1. The Morgan fingerprint density at radius 1 is 1.08 bits per heavy atom. The molecule has 1 atom stereocenters. The van der Waals surface area contributed by atoms with Crippen LogP contribution in [0.25, 0.3) is 0 Å². The maximum atomic E-state index is 13.0. The van der Waals surface area contributed by atoms with Gasteiger partial charge in [0, 0.05) is 15.9 Å². The fourth-order valence-corrected chi connectivity index (χ4v) is 3.30. The predicted molar refractivity (Wildman–Crippen MR) is 106 cm³/mol. The summed E-state index contributed by atoms with van der Waals surface area (Å²) in [5, 5.41) is 8.49. The highest BCUT2D eigenvalue weighted by molar-refractivity contribution is 9.10. The Hall–Kier alpha value is -2.60. The molecule has 0 aliphatic carbocycles. The van der Waals surface area contributed by atoms with Crippen molar-refractivity contribution in [3.05, 3.63) is 74.9 Å². The first kappa shape index (κ1) is 18.2. The lowest BCUT2D eigenvalue weighted by atomic mass is 9.90. The third-order valence-electron chi connectivity index (χ3n) is 4.36. The number of anilines is 1. The van der Waals surface area contributed by atoms with E-state index in [1.165, 1.54) is 0 Å². The minimum absolute atomic E-state index is 0.247. The van der Waals surface area contributed by atoms with Crippen LogP contribution in [0, 0.1) is 13.8 Å². The zero-order chi connectivity index (χ0) is 18.8. The number of rotatable bonds is 3. The summed E-state index contributed by atoms with van der Waals surface area (Å²) < 4.78 is 0.936. The van der Waals surface area contributed by atoms with E-state index in [0.717, 1.165) is 21.2 Å². The van der Waals surface area contributed by atoms with Crippen LogP contribution in [-0.4, -0.2) is 11.9 Å². The standard InChI is InChI=1S/C20H20BrN3O2/c1-11-4-5-12(2)16(10-11)18-17(13(3)22-20(26)24-18)19(25)23-15-8-6-14(21)7-9-15/h4-10,18H,1-3H3,(H,23,25)(H2,22,24,26). The van der Waals surface area contributed by atoms with Crippen molar-refractivity contribution in [2.75, 3.05) is 5.32 Å². The van der Waals surface area contributed by atoms with Crippen LogP contribution in [0.1, 0.15) is 29.7 Å². The van der Waals surface area contributed by atoms with Crippen molar-refractivity contribution in [1.82, 2.24) is 10.6 Å². The summed E-state index contributed by atoms with van der Waals surface area (Å²) in [6, 6.07) is 12.6. The van der Waals surface area contributed by atoms with Gasteiger partial charge in [0.2, 0.25) is 0 Å². The van der Waals surface area contributed by atoms with Gasteiger partial charge in [-0.3, -0.25) is 4.79 Å². The van der Waals surface area contributed by atoms with Crippen LogP contribution in [0.15, 0.2) is 58.2 Å². The number of nitrogens with one attached hydrogen (secondary N) is 3. The zero-order valence-corrected chi connectivity index (χ0v) is 16.4. The maximum Gasteiger partial charge on any atom is 0.319 e. The molecule has 0 spiro atoms. The molecule has 1 unspecified atom stereocenters. The highest BCUT2D eigenvalue weighted by Gasteiger charge is 2.32. The van der Waals surface area contributed by atoms with Gasteiger partial charge in [-0.1, -0.05) is 39.7 Å². The average Bonchev–Trinajstić information content (AvgIpc) is 2.58. The molecule has 3 N–H and O–H groups in total. The molecule has 0 fully saturated rings. The summed E-state index contributed by atoms with van der Waals surface area (Å²) in [6.07, 6.45) is 0. The summed E-state index contributed by atoms with van der Waals surface area (Å²) in [5.74, 6) is -0.247. The Balaban J connectivity index is 1.98. The Kier molecular flexibility index (Phi) is 5.13. The number of amides is 3. The first-order valence-electron chi connectivity index (χ1n) is 8.27. The number of benzene rings is 2. The van der Waals surface area contributed by atoms with Crippen molar-refractivity contribution < 1.29 is 9.59 Å². The highest BCUT2D eigenvalue weighted by atomic mass is 79.9. The van der Waals surface area contributed by atoms with E-state index in [-0.39, 0.29) is 11.9 Å². The lowest BCUT2D eigenvalue weighted by Crippen LogP contribution is -2.46. The first-order chi connectivity index (χ1) is 12.3. The molecule has 0 saturated heterocycles. The molecule has 134 valence electrons. The molecule has 2 aromatic rings. The topological polar surface area (TPSA) is 70.2 Å². The van der Waals surface area contributed by atoms with E-state index in [0.29, 0.717) is 17.0 Å². The molecule has 2 aromatic carbocycles. The van der Waals surface area contributed by atoms with E-state index in [9.17, 15) is 9.59 Å². The molecule has 26 heavy (non-hydrogen) atoms. The van der Waals surface area contributed by atoms with E-state index >= 15 is 0 Å². The molecule has 5 nitrogen and oxygen atoms in total. The van der Waals surface area contributed by atoms with Crippen LogP contribution in [0.4, 0.5) is 10.5 Å². The third-order valence-corrected chi connectivity index (χ3v) is 4.89. The number of carbonyl (C=O) groups excluding carboxylic acids is 2. The van der Waals surface area contributed by atoms with Crippen LogP contribution in [-0.2, 0) is 4.79 Å². The molecule has 3 amide bonds. The number of allylic oxidation sites excluding steroid dienone is 1. The molecule has 1 heterocycles. The summed E-state index contributed by atoms with van der Waals surface area (Å²) in [7, 11) is 0. The van der Waals surface area contributed by atoms with Crippen LogP contribution in [0.5, 0.6) is 0 Å². The Morgan fingerprint density at radius 3 is 2.46 bits per heavy atom. The fourth-order valence-electron chi connectivity index (χ4n) is 3.03. The maximum absolute atomic E-state index is 13.0. The minimum atomic E-state index is -0.501. The molecule has 3 rings (SSSR count). The van der Waals surface area contributed by atoms with Crippen LogP contribution in [0.2, 0.25) is 0 Å². The minimum Gasteiger partial charge on any atom is -0.327 e. The van der Waals surface area contributed by atoms with E-state index in [1.54, 1.807) is 6.92 Å². The smallest absolute Gasteiger partial charge is 0.319 e. The Morgan fingerprint density at radius 2 is 1.77 bits per heavy atom. The largest absolute Gasteiger partial charge is 0.327 e. The van der Waals surface area contributed by atoms with Crippen LogP contribution < -0.4 is 16.0 Å². The van der Waals surface area contributed by atoms with E-state index < -0.39 is 6.04 Å². The molecule has 1 aliphatic heterocycles. The molecular weight excluding hydrogens is 394 g/mol. The molecule has 6 heteroatoms. The SMILES string of the molecule is CC1=C(C(=O)Nc2ccc(Br)cc2)C(c2cc(C)ccc2C)NC(=O)N1. The van der Waals surface area contributed by atoms with Crippen molar-refractivity contribution in [3.8, 4) is 0 Å². The quantitative estimate of drug-likeness (QED) is 0.700. The first-order valence-corrected chi connectivity index (χ1v) is 9.07. The summed E-state index contributed by atoms with van der Waals surface area (Å²) in [6.45, 7) is 5.71. The van der Waals surface area contributed by atoms with Gasteiger partial charge >= 0.3 is 6.03 Å². The van der Waals surface area contributed by atoms with Gasteiger partial charge < -0.3 is 16.0 Å². The molecule has 0 aromatic heterocycles. The van der Waals surface area contributed by atoms with Crippen molar-refractivity contribution >= 4 is 33.6 Å². The van der Waals surface area contributed by atoms with Crippen molar-refractivity contribution in [1.29, 1.82) is 0 Å². The second kappa shape index (κ2) is 7.33. The highest BCUT2D eigenvalue weighted by Crippen LogP contribution is 2.30.